The zero-order valence-electron chi connectivity index (χ0n) is 12.6. The quantitative estimate of drug-likeness (QED) is 0.811. The van der Waals surface area contributed by atoms with Gasteiger partial charge in [-0.2, -0.15) is 16.9 Å². The van der Waals surface area contributed by atoms with Gasteiger partial charge in [-0.1, -0.05) is 6.92 Å². The Bertz CT molecular complexity index is 410. The molecular weight excluding hydrogens is 256 g/mol. The second-order valence-corrected chi connectivity index (χ2v) is 6.47. The second kappa shape index (κ2) is 6.66. The van der Waals surface area contributed by atoms with Crippen LogP contribution in [-0.4, -0.2) is 40.9 Å². The maximum Gasteiger partial charge on any atom is 0.131 e. The topological polar surface area (TPSA) is 33.1 Å². The molecule has 1 aliphatic heterocycles. The van der Waals surface area contributed by atoms with Gasteiger partial charge in [-0.05, 0) is 32.1 Å². The number of hydrogen-bond donors (Lipinski definition) is 1. The van der Waals surface area contributed by atoms with Gasteiger partial charge in [0.05, 0.1) is 5.69 Å². The third kappa shape index (κ3) is 3.26. The standard InChI is InChI=1S/C14H26N4S/c1-5-7-15-9-13-11(2)16-18(4)14(13)17(3)12-6-8-19-10-12/h12,15H,5-10H2,1-4H3. The van der Waals surface area contributed by atoms with Crippen molar-refractivity contribution < 1.29 is 0 Å². The molecule has 0 aliphatic carbocycles. The molecule has 1 fully saturated rings. The normalized spacial score (nSPS) is 19.1. The number of aromatic nitrogens is 2. The van der Waals surface area contributed by atoms with Crippen molar-refractivity contribution in [1.82, 2.24) is 15.1 Å². The molecule has 0 aromatic carbocycles. The second-order valence-electron chi connectivity index (χ2n) is 5.32. The Morgan fingerprint density at radius 1 is 1.53 bits per heavy atom. The van der Waals surface area contributed by atoms with E-state index in [0.717, 1.165) is 18.8 Å². The van der Waals surface area contributed by atoms with Crippen LogP contribution in [0.25, 0.3) is 0 Å². The predicted molar refractivity (Wildman–Crippen MR) is 84.1 cm³/mol. The molecule has 0 saturated carbocycles. The van der Waals surface area contributed by atoms with Gasteiger partial charge in [-0.25, -0.2) is 0 Å². The molecule has 0 spiro atoms. The first kappa shape index (κ1) is 14.7. The van der Waals surface area contributed by atoms with E-state index < -0.39 is 0 Å². The number of nitrogens with one attached hydrogen (secondary N) is 1. The molecule has 1 unspecified atom stereocenters. The van der Waals surface area contributed by atoms with Crippen LogP contribution in [-0.2, 0) is 13.6 Å². The molecule has 0 bridgehead atoms. The van der Waals surface area contributed by atoms with E-state index in [2.05, 4.69) is 55.0 Å². The van der Waals surface area contributed by atoms with E-state index in [0.29, 0.717) is 6.04 Å². The Balaban J connectivity index is 2.17. The summed E-state index contributed by atoms with van der Waals surface area (Å²) in [5.74, 6) is 3.81. The van der Waals surface area contributed by atoms with Crippen molar-refractivity contribution in [3.05, 3.63) is 11.3 Å². The molecule has 5 heteroatoms. The number of aryl methyl sites for hydroxylation is 2. The summed E-state index contributed by atoms with van der Waals surface area (Å²) in [7, 11) is 4.28. The highest BCUT2D eigenvalue weighted by Gasteiger charge is 2.25. The van der Waals surface area contributed by atoms with Crippen molar-refractivity contribution in [1.29, 1.82) is 0 Å². The molecule has 1 atom stereocenters. The van der Waals surface area contributed by atoms with Gasteiger partial charge in [0.2, 0.25) is 0 Å². The Hall–Kier alpha value is -0.680. The first-order valence-electron chi connectivity index (χ1n) is 7.19. The average molecular weight is 282 g/mol. The van der Waals surface area contributed by atoms with Crippen LogP contribution in [0.5, 0.6) is 0 Å². The lowest BCUT2D eigenvalue weighted by molar-refractivity contribution is 0.641. The molecule has 1 N–H and O–H groups in total. The minimum atomic E-state index is 0.657. The van der Waals surface area contributed by atoms with Crippen LogP contribution in [0.2, 0.25) is 0 Å². The Labute approximate surface area is 120 Å². The minimum absolute atomic E-state index is 0.657. The molecule has 1 saturated heterocycles. The smallest absolute Gasteiger partial charge is 0.131 e. The lowest BCUT2D eigenvalue weighted by atomic mass is 10.2. The van der Waals surface area contributed by atoms with Crippen LogP contribution >= 0.6 is 11.8 Å². The number of anilines is 1. The monoisotopic (exact) mass is 282 g/mol. The van der Waals surface area contributed by atoms with Crippen LogP contribution in [0.15, 0.2) is 0 Å². The summed E-state index contributed by atoms with van der Waals surface area (Å²) < 4.78 is 2.04. The van der Waals surface area contributed by atoms with Crippen LogP contribution in [0.4, 0.5) is 5.82 Å². The fourth-order valence-corrected chi connectivity index (χ4v) is 4.00. The number of thioether (sulfide) groups is 1. The highest BCUT2D eigenvalue weighted by atomic mass is 32.2. The van der Waals surface area contributed by atoms with Crippen LogP contribution in [0.3, 0.4) is 0 Å². The highest BCUT2D eigenvalue weighted by molar-refractivity contribution is 7.99. The van der Waals surface area contributed by atoms with Crippen molar-refractivity contribution in [2.75, 3.05) is 30.0 Å². The average Bonchev–Trinajstić information content (AvgIpc) is 2.98. The lowest BCUT2D eigenvalue weighted by Crippen LogP contribution is -2.34. The van der Waals surface area contributed by atoms with Crippen molar-refractivity contribution in [3.63, 3.8) is 0 Å². The van der Waals surface area contributed by atoms with E-state index in [1.165, 1.54) is 35.7 Å². The third-order valence-corrected chi connectivity index (χ3v) is 4.97. The van der Waals surface area contributed by atoms with E-state index in [-0.39, 0.29) is 0 Å². The van der Waals surface area contributed by atoms with Gasteiger partial charge in [0.15, 0.2) is 0 Å². The third-order valence-electron chi connectivity index (χ3n) is 3.83. The zero-order valence-corrected chi connectivity index (χ0v) is 13.4. The van der Waals surface area contributed by atoms with Crippen molar-refractivity contribution in [3.8, 4) is 0 Å². The molecule has 1 aromatic heterocycles. The fraction of sp³-hybridized carbons (Fsp3) is 0.786. The van der Waals surface area contributed by atoms with E-state index in [1.54, 1.807) is 0 Å². The zero-order chi connectivity index (χ0) is 13.8. The first-order chi connectivity index (χ1) is 9.15. The summed E-state index contributed by atoms with van der Waals surface area (Å²) in [5.41, 5.74) is 2.51. The summed E-state index contributed by atoms with van der Waals surface area (Å²) >= 11 is 2.06. The van der Waals surface area contributed by atoms with Gasteiger partial charge in [0.25, 0.3) is 0 Å². The molecule has 0 radical (unpaired) electrons. The molecule has 0 amide bonds. The molecular formula is C14H26N4S. The van der Waals surface area contributed by atoms with E-state index in [1.807, 2.05) is 4.68 Å². The minimum Gasteiger partial charge on any atom is -0.356 e. The Morgan fingerprint density at radius 2 is 2.32 bits per heavy atom. The Kier molecular flexibility index (Phi) is 5.16. The maximum absolute atomic E-state index is 4.61. The SMILES string of the molecule is CCCNCc1c(C)nn(C)c1N(C)C1CCSC1. The summed E-state index contributed by atoms with van der Waals surface area (Å²) in [6.07, 6.45) is 2.46. The van der Waals surface area contributed by atoms with Crippen molar-refractivity contribution in [2.45, 2.75) is 39.3 Å². The van der Waals surface area contributed by atoms with Gasteiger partial charge in [-0.15, -0.1) is 0 Å². The largest absolute Gasteiger partial charge is 0.356 e. The summed E-state index contributed by atoms with van der Waals surface area (Å²) in [6.45, 7) is 6.30. The van der Waals surface area contributed by atoms with Crippen LogP contribution in [0.1, 0.15) is 31.0 Å². The van der Waals surface area contributed by atoms with Gasteiger partial charge in [0.1, 0.15) is 5.82 Å². The van der Waals surface area contributed by atoms with Crippen molar-refractivity contribution >= 4 is 17.6 Å². The van der Waals surface area contributed by atoms with Crippen LogP contribution < -0.4 is 10.2 Å². The molecule has 1 aromatic rings. The molecule has 19 heavy (non-hydrogen) atoms. The number of nitrogens with zero attached hydrogens (tertiary/aromatic N) is 3. The van der Waals surface area contributed by atoms with Gasteiger partial charge in [0, 0.05) is 38.0 Å². The van der Waals surface area contributed by atoms with E-state index in [4.69, 9.17) is 0 Å². The molecule has 2 heterocycles. The van der Waals surface area contributed by atoms with Crippen molar-refractivity contribution in [2.24, 2.45) is 7.05 Å². The molecule has 1 aliphatic rings. The lowest BCUT2D eigenvalue weighted by Gasteiger charge is -2.27. The van der Waals surface area contributed by atoms with Gasteiger partial charge >= 0.3 is 0 Å². The first-order valence-corrected chi connectivity index (χ1v) is 8.34. The summed E-state index contributed by atoms with van der Waals surface area (Å²) in [4.78, 5) is 2.43. The van der Waals surface area contributed by atoms with Gasteiger partial charge < -0.3 is 10.2 Å². The number of rotatable bonds is 6. The maximum atomic E-state index is 4.61. The predicted octanol–water partition coefficient (Wildman–Crippen LogP) is 2.17. The summed E-state index contributed by atoms with van der Waals surface area (Å²) in [5, 5.41) is 8.12. The molecule has 4 nitrogen and oxygen atoms in total. The van der Waals surface area contributed by atoms with E-state index in [9.17, 15) is 0 Å². The molecule has 108 valence electrons. The fourth-order valence-electron chi connectivity index (χ4n) is 2.73. The highest BCUT2D eigenvalue weighted by Crippen LogP contribution is 2.29. The summed E-state index contributed by atoms with van der Waals surface area (Å²) in [6, 6.07) is 0.657. The van der Waals surface area contributed by atoms with E-state index >= 15 is 0 Å². The Morgan fingerprint density at radius 3 is 2.95 bits per heavy atom. The van der Waals surface area contributed by atoms with Crippen LogP contribution in [0, 0.1) is 6.92 Å². The van der Waals surface area contributed by atoms with Gasteiger partial charge in [-0.3, -0.25) is 4.68 Å². The molecule has 2 rings (SSSR count). The number of hydrogen-bond acceptors (Lipinski definition) is 4.